The van der Waals surface area contributed by atoms with E-state index in [0.717, 1.165) is 38.5 Å². The fourth-order valence-electron chi connectivity index (χ4n) is 9.08. The van der Waals surface area contributed by atoms with Crippen LogP contribution >= 0.6 is 0 Å². The highest BCUT2D eigenvalue weighted by molar-refractivity contribution is 6.37. The van der Waals surface area contributed by atoms with E-state index in [4.69, 9.17) is 0 Å². The molecule has 8 rings (SSSR count). The molecule has 4 aromatic rings. The fourth-order valence-corrected chi connectivity index (χ4v) is 9.08. The predicted octanol–water partition coefficient (Wildman–Crippen LogP) is 7.71. The maximum Gasteiger partial charge on any atom is 0.281 e. The van der Waals surface area contributed by atoms with Gasteiger partial charge in [-0.15, -0.1) is 0 Å². The van der Waals surface area contributed by atoms with Crippen LogP contribution in [0, 0.1) is 0 Å². The Hall–Kier alpha value is -6.04. The maximum absolute atomic E-state index is 14.4. The standard InChI is InChI=1S/C44H42N4O8/c1-5-9-11-13-23(7-3)45-37(49)25-15-19-29-35-30(20-16-26(33(25)35)38(45)50)42(54)47(41(29)53)48-43(55)31-21-17-27-34-28(18-22-32(36(31)34)44(48)56)40(52)46(39(27)51)24(8-4)14-12-10-6-2/h15-24H,5-14H2,1-4H3. The molecule has 4 aliphatic rings. The molecule has 0 bridgehead atoms. The first-order chi connectivity index (χ1) is 27.0. The van der Waals surface area contributed by atoms with Crippen LogP contribution in [0.5, 0.6) is 0 Å². The topological polar surface area (TPSA) is 150 Å². The lowest BCUT2D eigenvalue weighted by atomic mass is 9.84. The van der Waals surface area contributed by atoms with Crippen LogP contribution in [0.15, 0.2) is 48.5 Å². The highest BCUT2D eigenvalue weighted by Gasteiger charge is 2.49. The second kappa shape index (κ2) is 13.9. The number of hydrazine groups is 1. The van der Waals surface area contributed by atoms with Gasteiger partial charge >= 0.3 is 0 Å². The van der Waals surface area contributed by atoms with E-state index >= 15 is 0 Å². The highest BCUT2D eigenvalue weighted by atomic mass is 16.2. The molecular formula is C44H42N4O8. The van der Waals surface area contributed by atoms with Crippen molar-refractivity contribution < 1.29 is 38.4 Å². The van der Waals surface area contributed by atoms with Crippen molar-refractivity contribution >= 4 is 68.8 Å². The highest BCUT2D eigenvalue weighted by Crippen LogP contribution is 2.43. The Balaban J connectivity index is 1.17. The number of amides is 8. The molecule has 2 atom stereocenters. The van der Waals surface area contributed by atoms with E-state index in [2.05, 4.69) is 13.8 Å². The van der Waals surface area contributed by atoms with Crippen molar-refractivity contribution in [2.45, 2.75) is 104 Å². The zero-order chi connectivity index (χ0) is 39.7. The first-order valence-corrected chi connectivity index (χ1v) is 19.7. The molecule has 12 nitrogen and oxygen atoms in total. The average Bonchev–Trinajstić information content (AvgIpc) is 3.20. The summed E-state index contributed by atoms with van der Waals surface area (Å²) in [5.74, 6) is -5.94. The van der Waals surface area contributed by atoms with Crippen LogP contribution in [0.4, 0.5) is 0 Å². The smallest absolute Gasteiger partial charge is 0.271 e. The molecule has 2 unspecified atom stereocenters. The van der Waals surface area contributed by atoms with Gasteiger partial charge in [-0.25, -0.2) is 0 Å². The van der Waals surface area contributed by atoms with E-state index in [9.17, 15) is 38.4 Å². The lowest BCUT2D eigenvalue weighted by molar-refractivity contribution is 0.00211. The van der Waals surface area contributed by atoms with Crippen LogP contribution in [-0.4, -0.2) is 79.2 Å². The zero-order valence-corrected chi connectivity index (χ0v) is 31.9. The van der Waals surface area contributed by atoms with Gasteiger partial charge in [0.05, 0.1) is 22.3 Å². The van der Waals surface area contributed by atoms with Gasteiger partial charge in [0.2, 0.25) is 0 Å². The van der Waals surface area contributed by atoms with E-state index in [1.54, 1.807) is 0 Å². The van der Waals surface area contributed by atoms with Crippen LogP contribution in [0.3, 0.4) is 0 Å². The van der Waals surface area contributed by atoms with Crippen LogP contribution in [-0.2, 0) is 0 Å². The molecule has 0 radical (unpaired) electrons. The molecule has 56 heavy (non-hydrogen) atoms. The molecule has 0 spiro atoms. The molecular weight excluding hydrogens is 713 g/mol. The van der Waals surface area contributed by atoms with Crippen molar-refractivity contribution in [3.05, 3.63) is 93.0 Å². The third kappa shape index (κ3) is 5.10. The Morgan fingerprint density at radius 2 is 0.589 bits per heavy atom. The van der Waals surface area contributed by atoms with E-state index in [1.165, 1.54) is 58.3 Å². The summed E-state index contributed by atoms with van der Waals surface area (Å²) < 4.78 is 0. The number of imide groups is 4. The Morgan fingerprint density at radius 3 is 0.804 bits per heavy atom. The van der Waals surface area contributed by atoms with E-state index in [1.807, 2.05) is 13.8 Å². The molecule has 0 N–H and O–H groups in total. The van der Waals surface area contributed by atoms with Crippen LogP contribution in [0.25, 0.3) is 21.5 Å². The number of hydrogen-bond donors (Lipinski definition) is 0. The minimum atomic E-state index is -0.982. The van der Waals surface area contributed by atoms with Gasteiger partial charge in [0.15, 0.2) is 0 Å². The number of carbonyl (C=O) groups is 8. The summed E-state index contributed by atoms with van der Waals surface area (Å²) in [6.45, 7) is 8.02. The molecule has 0 saturated heterocycles. The van der Waals surface area contributed by atoms with E-state index in [0.29, 0.717) is 35.7 Å². The Kier molecular flexibility index (Phi) is 9.17. The predicted molar refractivity (Wildman–Crippen MR) is 206 cm³/mol. The van der Waals surface area contributed by atoms with Gasteiger partial charge in [-0.1, -0.05) is 66.2 Å². The second-order valence-electron chi connectivity index (χ2n) is 15.1. The average molecular weight is 755 g/mol. The Morgan fingerprint density at radius 1 is 0.357 bits per heavy atom. The van der Waals surface area contributed by atoms with Crippen molar-refractivity contribution in [2.75, 3.05) is 0 Å². The minimum Gasteiger partial charge on any atom is -0.271 e. The lowest BCUT2D eigenvalue weighted by Gasteiger charge is -2.39. The molecule has 12 heteroatoms. The zero-order valence-electron chi connectivity index (χ0n) is 31.9. The monoisotopic (exact) mass is 754 g/mol. The van der Waals surface area contributed by atoms with Crippen LogP contribution in [0.1, 0.15) is 175 Å². The summed E-state index contributed by atoms with van der Waals surface area (Å²) in [5, 5.41) is 1.62. The van der Waals surface area contributed by atoms with Crippen LogP contribution in [0.2, 0.25) is 0 Å². The van der Waals surface area contributed by atoms with Gasteiger partial charge in [0, 0.05) is 55.9 Å². The van der Waals surface area contributed by atoms with Gasteiger partial charge in [0.25, 0.3) is 47.3 Å². The maximum atomic E-state index is 14.4. The molecule has 0 saturated carbocycles. The van der Waals surface area contributed by atoms with Crippen molar-refractivity contribution in [3.8, 4) is 0 Å². The van der Waals surface area contributed by atoms with Crippen LogP contribution < -0.4 is 0 Å². The SMILES string of the molecule is CCCCCC(CC)N1C(=O)c2ccc3c4c(ccc(c24)C1=O)C(=O)N(N1C(=O)c2ccc4c5c(ccc(c25)C1=O)C(=O)N(C(CC)CCCCC)C4=O)C3=O. The summed E-state index contributed by atoms with van der Waals surface area (Å²) in [4.78, 5) is 116. The third-order valence-electron chi connectivity index (χ3n) is 12.0. The molecule has 8 amide bonds. The van der Waals surface area contributed by atoms with Crippen molar-refractivity contribution in [1.29, 1.82) is 0 Å². The number of rotatable bonds is 13. The summed E-state index contributed by atoms with van der Waals surface area (Å²) in [5.41, 5.74) is 0.546. The number of hydrogen-bond acceptors (Lipinski definition) is 8. The lowest BCUT2D eigenvalue weighted by Crippen LogP contribution is -2.58. The molecule has 4 aromatic carbocycles. The third-order valence-corrected chi connectivity index (χ3v) is 12.0. The molecule has 4 aliphatic heterocycles. The first kappa shape index (κ1) is 36.9. The summed E-state index contributed by atoms with van der Waals surface area (Å²) in [6, 6.07) is 10.8. The first-order valence-electron chi connectivity index (χ1n) is 19.7. The number of nitrogens with zero attached hydrogens (tertiary/aromatic N) is 4. The molecule has 0 fully saturated rings. The molecule has 0 aromatic heterocycles. The normalized spacial score (nSPS) is 17.3. The number of carbonyl (C=O) groups excluding carboxylic acids is 8. The quantitative estimate of drug-likeness (QED) is 0.0996. The largest absolute Gasteiger partial charge is 0.281 e. The second-order valence-corrected chi connectivity index (χ2v) is 15.1. The summed E-state index contributed by atoms with van der Waals surface area (Å²) in [6.07, 6.45) is 8.08. The summed E-state index contributed by atoms with van der Waals surface area (Å²) in [7, 11) is 0. The van der Waals surface area contributed by atoms with Gasteiger partial charge in [0.1, 0.15) is 0 Å². The van der Waals surface area contributed by atoms with Gasteiger partial charge < -0.3 is 0 Å². The number of benzene rings is 4. The Bertz CT molecular complexity index is 2170. The van der Waals surface area contributed by atoms with Crippen molar-refractivity contribution in [3.63, 3.8) is 0 Å². The molecule has 4 heterocycles. The molecule has 286 valence electrons. The van der Waals surface area contributed by atoms with E-state index < -0.39 is 47.3 Å². The molecule has 0 aliphatic carbocycles. The fraction of sp³-hybridized carbons (Fsp3) is 0.364. The van der Waals surface area contributed by atoms with Crippen molar-refractivity contribution in [2.24, 2.45) is 0 Å². The summed E-state index contributed by atoms with van der Waals surface area (Å²) >= 11 is 0. The van der Waals surface area contributed by atoms with Gasteiger partial charge in [-0.2, -0.15) is 10.0 Å². The van der Waals surface area contributed by atoms with Crippen molar-refractivity contribution in [1.82, 2.24) is 19.8 Å². The van der Waals surface area contributed by atoms with E-state index in [-0.39, 0.29) is 78.1 Å². The minimum absolute atomic E-state index is 0.0541. The van der Waals surface area contributed by atoms with Gasteiger partial charge in [-0.05, 0) is 74.2 Å². The van der Waals surface area contributed by atoms with Gasteiger partial charge in [-0.3, -0.25) is 48.2 Å². The Labute approximate surface area is 323 Å². The number of unbranched alkanes of at least 4 members (excludes halogenated alkanes) is 4.